The molecule has 0 rings (SSSR count). The Morgan fingerprint density at radius 1 is 1.31 bits per heavy atom. The van der Waals surface area contributed by atoms with Crippen LogP contribution >= 0.6 is 0 Å². The molecule has 7 heteroatoms. The molecule has 0 saturated carbocycles. The van der Waals surface area contributed by atoms with Gasteiger partial charge in [0, 0.05) is 12.0 Å². The summed E-state index contributed by atoms with van der Waals surface area (Å²) >= 11 is 0. The molecule has 0 aliphatic heterocycles. The molecule has 0 amide bonds. The zero-order chi connectivity index (χ0) is 12.8. The molecule has 3 nitrogen and oxygen atoms in total. The summed E-state index contributed by atoms with van der Waals surface area (Å²) in [5, 5.41) is 2.38. The van der Waals surface area contributed by atoms with E-state index in [1.54, 1.807) is 6.92 Å². The fraction of sp³-hybridized carbons (Fsp3) is 1.00. The van der Waals surface area contributed by atoms with Crippen LogP contribution in [0.15, 0.2) is 0 Å². The van der Waals surface area contributed by atoms with Crippen LogP contribution in [-0.2, 0) is 9.84 Å². The van der Waals surface area contributed by atoms with E-state index in [1.165, 1.54) is 0 Å². The van der Waals surface area contributed by atoms with Gasteiger partial charge in [0.05, 0.1) is 0 Å². The minimum atomic E-state index is -4.31. The van der Waals surface area contributed by atoms with Gasteiger partial charge in [-0.05, 0) is 25.8 Å². The van der Waals surface area contributed by atoms with Gasteiger partial charge < -0.3 is 5.32 Å². The van der Waals surface area contributed by atoms with Gasteiger partial charge in [0.1, 0.15) is 15.9 Å². The van der Waals surface area contributed by atoms with Gasteiger partial charge in [0.25, 0.3) is 0 Å². The average molecular weight is 261 g/mol. The molecule has 0 aliphatic carbocycles. The topological polar surface area (TPSA) is 46.2 Å². The van der Waals surface area contributed by atoms with E-state index in [1.807, 2.05) is 0 Å². The molecule has 1 unspecified atom stereocenters. The maximum atomic E-state index is 12.5. The van der Waals surface area contributed by atoms with Crippen molar-refractivity contribution >= 4 is 9.84 Å². The van der Waals surface area contributed by atoms with E-state index in [0.29, 0.717) is 6.42 Å². The van der Waals surface area contributed by atoms with Crippen LogP contribution in [0.25, 0.3) is 0 Å². The van der Waals surface area contributed by atoms with Crippen molar-refractivity contribution in [2.45, 2.75) is 38.4 Å². The van der Waals surface area contributed by atoms with E-state index in [0.717, 1.165) is 6.26 Å². The number of rotatable bonds is 7. The van der Waals surface area contributed by atoms with Crippen LogP contribution in [0.1, 0.15) is 26.2 Å². The lowest BCUT2D eigenvalue weighted by Gasteiger charge is -2.21. The van der Waals surface area contributed by atoms with Crippen LogP contribution in [-0.4, -0.2) is 39.2 Å². The van der Waals surface area contributed by atoms with E-state index >= 15 is 0 Å². The predicted octanol–water partition coefficient (Wildman–Crippen LogP) is 1.74. The quantitative estimate of drug-likeness (QED) is 0.759. The van der Waals surface area contributed by atoms with Crippen LogP contribution in [0.4, 0.5) is 13.2 Å². The van der Waals surface area contributed by atoms with Gasteiger partial charge in [0.2, 0.25) is 0 Å². The van der Waals surface area contributed by atoms with Crippen LogP contribution in [0.5, 0.6) is 0 Å². The Kier molecular flexibility index (Phi) is 6.32. The molecule has 0 fully saturated rings. The van der Waals surface area contributed by atoms with Crippen LogP contribution in [0.3, 0.4) is 0 Å². The summed E-state index contributed by atoms with van der Waals surface area (Å²) in [6.07, 6.45) is -2.85. The van der Waals surface area contributed by atoms with Gasteiger partial charge in [-0.3, -0.25) is 0 Å². The molecule has 16 heavy (non-hydrogen) atoms. The minimum absolute atomic E-state index is 0.0275. The van der Waals surface area contributed by atoms with E-state index in [-0.39, 0.29) is 25.1 Å². The van der Waals surface area contributed by atoms with Crippen molar-refractivity contribution in [3.63, 3.8) is 0 Å². The minimum Gasteiger partial charge on any atom is -0.306 e. The molecule has 0 bridgehead atoms. The Bertz CT molecular complexity index is 288. The first-order valence-electron chi connectivity index (χ1n) is 5.14. The van der Waals surface area contributed by atoms with Gasteiger partial charge in [0.15, 0.2) is 0 Å². The van der Waals surface area contributed by atoms with Crippen LogP contribution in [0, 0.1) is 0 Å². The number of sulfone groups is 1. The SMILES string of the molecule is CCCNC(CCCS(C)(=O)=O)C(F)(F)F. The van der Waals surface area contributed by atoms with Gasteiger partial charge in [-0.2, -0.15) is 13.2 Å². The molecule has 1 N–H and O–H groups in total. The summed E-state index contributed by atoms with van der Waals surface area (Å²) in [4.78, 5) is 0. The van der Waals surface area contributed by atoms with E-state index < -0.39 is 22.1 Å². The maximum absolute atomic E-state index is 12.5. The number of hydrogen-bond donors (Lipinski definition) is 1. The van der Waals surface area contributed by atoms with Crippen molar-refractivity contribution in [2.75, 3.05) is 18.6 Å². The maximum Gasteiger partial charge on any atom is 0.403 e. The highest BCUT2D eigenvalue weighted by molar-refractivity contribution is 7.90. The van der Waals surface area contributed by atoms with Crippen molar-refractivity contribution in [3.8, 4) is 0 Å². The molecule has 98 valence electrons. The Morgan fingerprint density at radius 3 is 2.25 bits per heavy atom. The summed E-state index contributed by atoms with van der Waals surface area (Å²) < 4.78 is 58.9. The molecule has 0 heterocycles. The fourth-order valence-electron chi connectivity index (χ4n) is 1.25. The smallest absolute Gasteiger partial charge is 0.306 e. The monoisotopic (exact) mass is 261 g/mol. The highest BCUT2D eigenvalue weighted by atomic mass is 32.2. The third-order valence-corrected chi connectivity index (χ3v) is 3.07. The number of halogens is 3. The van der Waals surface area contributed by atoms with Gasteiger partial charge in [-0.1, -0.05) is 6.92 Å². The summed E-state index contributed by atoms with van der Waals surface area (Å²) in [7, 11) is -3.18. The second-order valence-electron chi connectivity index (χ2n) is 3.82. The largest absolute Gasteiger partial charge is 0.403 e. The normalized spacial score (nSPS) is 15.1. The first-order chi connectivity index (χ1) is 7.17. The van der Waals surface area contributed by atoms with Crippen LogP contribution < -0.4 is 5.32 Å². The van der Waals surface area contributed by atoms with E-state index in [2.05, 4.69) is 5.32 Å². The van der Waals surface area contributed by atoms with Crippen molar-refractivity contribution in [1.82, 2.24) is 5.32 Å². The van der Waals surface area contributed by atoms with Gasteiger partial charge >= 0.3 is 6.18 Å². The fourth-order valence-corrected chi connectivity index (χ4v) is 1.94. The number of nitrogens with one attached hydrogen (secondary N) is 1. The summed E-state index contributed by atoms with van der Waals surface area (Å²) in [5.74, 6) is -0.201. The zero-order valence-electron chi connectivity index (χ0n) is 9.47. The highest BCUT2D eigenvalue weighted by Crippen LogP contribution is 2.23. The summed E-state index contributed by atoms with van der Waals surface area (Å²) in [6.45, 7) is 2.06. The van der Waals surface area contributed by atoms with Crippen molar-refractivity contribution < 1.29 is 21.6 Å². The lowest BCUT2D eigenvalue weighted by atomic mass is 10.1. The molecule has 0 aliphatic rings. The van der Waals surface area contributed by atoms with Crippen molar-refractivity contribution in [1.29, 1.82) is 0 Å². The lowest BCUT2D eigenvalue weighted by molar-refractivity contribution is -0.157. The number of alkyl halides is 3. The molecular weight excluding hydrogens is 243 g/mol. The van der Waals surface area contributed by atoms with Gasteiger partial charge in [-0.25, -0.2) is 8.42 Å². The van der Waals surface area contributed by atoms with E-state index in [4.69, 9.17) is 0 Å². The second kappa shape index (κ2) is 6.44. The first kappa shape index (κ1) is 15.7. The summed E-state index contributed by atoms with van der Waals surface area (Å²) in [6, 6.07) is -1.60. The van der Waals surface area contributed by atoms with Gasteiger partial charge in [-0.15, -0.1) is 0 Å². The summed E-state index contributed by atoms with van der Waals surface area (Å²) in [5.41, 5.74) is 0. The average Bonchev–Trinajstić information content (AvgIpc) is 2.06. The third-order valence-electron chi connectivity index (χ3n) is 2.04. The Balaban J connectivity index is 4.13. The molecule has 0 aromatic carbocycles. The molecule has 0 radical (unpaired) electrons. The second-order valence-corrected chi connectivity index (χ2v) is 6.08. The molecule has 0 aromatic heterocycles. The molecule has 1 atom stereocenters. The van der Waals surface area contributed by atoms with Crippen molar-refractivity contribution in [2.24, 2.45) is 0 Å². The van der Waals surface area contributed by atoms with E-state index in [9.17, 15) is 21.6 Å². The Labute approximate surface area is 94.3 Å². The van der Waals surface area contributed by atoms with Crippen molar-refractivity contribution in [3.05, 3.63) is 0 Å². The highest BCUT2D eigenvalue weighted by Gasteiger charge is 2.38. The molecular formula is C9H18F3NO2S. The number of hydrogen-bond acceptors (Lipinski definition) is 3. The Hall–Kier alpha value is -0.300. The molecule has 0 aromatic rings. The Morgan fingerprint density at radius 2 is 1.88 bits per heavy atom. The molecule has 0 spiro atoms. The first-order valence-corrected chi connectivity index (χ1v) is 7.20. The zero-order valence-corrected chi connectivity index (χ0v) is 10.3. The molecule has 0 saturated heterocycles. The standard InChI is InChI=1S/C9H18F3NO2S/c1-3-6-13-8(9(10,11)12)5-4-7-16(2,14)15/h8,13H,3-7H2,1-2H3. The van der Waals surface area contributed by atoms with Crippen LogP contribution in [0.2, 0.25) is 0 Å². The predicted molar refractivity (Wildman–Crippen MR) is 57.1 cm³/mol. The third kappa shape index (κ3) is 7.92. The lowest BCUT2D eigenvalue weighted by Crippen LogP contribution is -2.42.